The molecule has 34 heavy (non-hydrogen) atoms. The minimum atomic E-state index is 0.198. The van der Waals surface area contributed by atoms with Crippen LogP contribution >= 0.6 is 12.2 Å². The normalized spacial score (nSPS) is 14.4. The number of methoxy groups -OCH3 is 3. The van der Waals surface area contributed by atoms with E-state index < -0.39 is 0 Å². The highest BCUT2D eigenvalue weighted by molar-refractivity contribution is 7.71. The van der Waals surface area contributed by atoms with E-state index in [0.29, 0.717) is 27.8 Å². The lowest BCUT2D eigenvalue weighted by atomic mass is 9.97. The van der Waals surface area contributed by atoms with Crippen LogP contribution in [0.15, 0.2) is 30.3 Å². The third kappa shape index (κ3) is 4.68. The first kappa shape index (κ1) is 24.3. The highest BCUT2D eigenvalue weighted by Gasteiger charge is 2.26. The van der Waals surface area contributed by atoms with Crippen molar-refractivity contribution in [1.29, 1.82) is 0 Å². The summed E-state index contributed by atoms with van der Waals surface area (Å²) >= 11 is 5.62. The number of benzene rings is 2. The zero-order valence-corrected chi connectivity index (χ0v) is 21.2. The van der Waals surface area contributed by atoms with Gasteiger partial charge in [0.25, 0.3) is 0 Å². The van der Waals surface area contributed by atoms with Gasteiger partial charge in [-0.1, -0.05) is 26.0 Å². The summed E-state index contributed by atoms with van der Waals surface area (Å²) in [5.74, 6) is 2.58. The van der Waals surface area contributed by atoms with E-state index in [0.717, 1.165) is 49.7 Å². The highest BCUT2D eigenvalue weighted by atomic mass is 32.1. The number of aromatic nitrogens is 3. The maximum Gasteiger partial charge on any atom is 0.204 e. The van der Waals surface area contributed by atoms with Gasteiger partial charge in [0.15, 0.2) is 22.1 Å². The molecule has 2 heterocycles. The Morgan fingerprint density at radius 3 is 2.24 bits per heavy atom. The van der Waals surface area contributed by atoms with Gasteiger partial charge in [0.1, 0.15) is 0 Å². The summed E-state index contributed by atoms with van der Waals surface area (Å²) < 4.78 is 25.1. The van der Waals surface area contributed by atoms with Crippen molar-refractivity contribution in [1.82, 2.24) is 19.7 Å². The minimum Gasteiger partial charge on any atom is -0.492 e. The van der Waals surface area contributed by atoms with Gasteiger partial charge in [-0.15, -0.1) is 0 Å². The third-order valence-corrected chi connectivity index (χ3v) is 6.35. The number of morpholine rings is 1. The van der Waals surface area contributed by atoms with Crippen molar-refractivity contribution in [3.8, 4) is 34.3 Å². The van der Waals surface area contributed by atoms with Crippen molar-refractivity contribution in [2.24, 2.45) is 0 Å². The number of nitrogens with one attached hydrogen (secondary N) is 1. The highest BCUT2D eigenvalue weighted by Crippen LogP contribution is 2.48. The first-order chi connectivity index (χ1) is 16.5. The Balaban J connectivity index is 1.77. The smallest absolute Gasteiger partial charge is 0.204 e. The zero-order valence-electron chi connectivity index (χ0n) is 20.4. The number of aromatic amines is 1. The van der Waals surface area contributed by atoms with E-state index >= 15 is 0 Å². The average molecular weight is 485 g/mol. The van der Waals surface area contributed by atoms with Gasteiger partial charge in [-0.05, 0) is 41.9 Å². The summed E-state index contributed by atoms with van der Waals surface area (Å²) in [7, 11) is 4.86. The average Bonchev–Trinajstić information content (AvgIpc) is 3.24. The molecule has 0 unspecified atom stereocenters. The van der Waals surface area contributed by atoms with Crippen LogP contribution in [0.4, 0.5) is 0 Å². The third-order valence-electron chi connectivity index (χ3n) is 6.07. The van der Waals surface area contributed by atoms with Crippen LogP contribution in [-0.2, 0) is 11.3 Å². The minimum absolute atomic E-state index is 0.198. The summed E-state index contributed by atoms with van der Waals surface area (Å²) in [4.78, 5) is 2.40. The van der Waals surface area contributed by atoms with Crippen molar-refractivity contribution in [3.63, 3.8) is 0 Å². The fraction of sp³-hybridized carbons (Fsp3) is 0.440. The van der Waals surface area contributed by atoms with Crippen LogP contribution in [0.3, 0.4) is 0 Å². The van der Waals surface area contributed by atoms with E-state index in [2.05, 4.69) is 53.2 Å². The van der Waals surface area contributed by atoms with Gasteiger partial charge in [0, 0.05) is 30.9 Å². The molecule has 4 rings (SSSR count). The predicted octanol–water partition coefficient (Wildman–Crippen LogP) is 4.58. The number of hydrogen-bond donors (Lipinski definition) is 1. The van der Waals surface area contributed by atoms with Crippen molar-refractivity contribution < 1.29 is 18.9 Å². The first-order valence-corrected chi connectivity index (χ1v) is 11.8. The Bertz CT molecular complexity index is 1180. The molecule has 8 nitrogen and oxygen atoms in total. The van der Waals surface area contributed by atoms with Crippen LogP contribution in [-0.4, -0.2) is 67.3 Å². The van der Waals surface area contributed by atoms with Gasteiger partial charge < -0.3 is 18.9 Å². The molecule has 1 saturated heterocycles. The molecule has 0 saturated carbocycles. The topological polar surface area (TPSA) is 73.8 Å². The zero-order chi connectivity index (χ0) is 24.2. The Morgan fingerprint density at radius 1 is 1.00 bits per heavy atom. The van der Waals surface area contributed by atoms with E-state index in [1.807, 2.05) is 10.6 Å². The van der Waals surface area contributed by atoms with Gasteiger partial charge in [0.2, 0.25) is 5.75 Å². The molecule has 0 aliphatic carbocycles. The maximum atomic E-state index is 5.78. The lowest BCUT2D eigenvalue weighted by Crippen LogP contribution is -2.35. The van der Waals surface area contributed by atoms with Crippen LogP contribution in [0.5, 0.6) is 17.2 Å². The fourth-order valence-electron chi connectivity index (χ4n) is 4.32. The Kier molecular flexibility index (Phi) is 7.55. The molecule has 0 spiro atoms. The van der Waals surface area contributed by atoms with Gasteiger partial charge in [-0.2, -0.15) is 5.10 Å². The molecule has 0 bridgehead atoms. The second-order valence-electron chi connectivity index (χ2n) is 8.51. The number of rotatable bonds is 8. The molecular formula is C25H32N4O4S. The van der Waals surface area contributed by atoms with Crippen LogP contribution in [0.2, 0.25) is 0 Å². The van der Waals surface area contributed by atoms with E-state index in [9.17, 15) is 0 Å². The van der Waals surface area contributed by atoms with E-state index in [4.69, 9.17) is 31.2 Å². The van der Waals surface area contributed by atoms with Gasteiger partial charge in [0.05, 0.1) is 40.1 Å². The lowest BCUT2D eigenvalue weighted by molar-refractivity contribution is 0.0342. The number of nitrogens with zero attached hydrogens (tertiary/aromatic N) is 3. The molecule has 182 valence electrons. The first-order valence-electron chi connectivity index (χ1n) is 11.4. The molecule has 0 radical (unpaired) electrons. The molecule has 1 N–H and O–H groups in total. The van der Waals surface area contributed by atoms with Gasteiger partial charge in [-0.25, -0.2) is 0 Å². The molecule has 1 fully saturated rings. The number of hydrogen-bond acceptors (Lipinski definition) is 7. The SMILES string of the molecule is COc1c(-c2n[nH]c(=S)n2-c2ccc(CN3CCOCC3)cc2)cc(C(C)C)c(OC)c1OC. The lowest BCUT2D eigenvalue weighted by Gasteiger charge is -2.26. The Hall–Kier alpha value is -2.88. The second-order valence-corrected chi connectivity index (χ2v) is 8.90. The van der Waals surface area contributed by atoms with Gasteiger partial charge in [-0.3, -0.25) is 14.6 Å². The molecule has 3 aromatic rings. The van der Waals surface area contributed by atoms with E-state index in [1.54, 1.807) is 21.3 Å². The second kappa shape index (κ2) is 10.6. The van der Waals surface area contributed by atoms with Crippen molar-refractivity contribution in [3.05, 3.63) is 46.2 Å². The van der Waals surface area contributed by atoms with Crippen molar-refractivity contribution in [2.45, 2.75) is 26.3 Å². The van der Waals surface area contributed by atoms with Crippen molar-refractivity contribution >= 4 is 12.2 Å². The fourth-order valence-corrected chi connectivity index (χ4v) is 4.56. The summed E-state index contributed by atoms with van der Waals surface area (Å²) in [6, 6.07) is 10.4. The largest absolute Gasteiger partial charge is 0.492 e. The monoisotopic (exact) mass is 484 g/mol. The quantitative estimate of drug-likeness (QED) is 0.469. The molecule has 1 aliphatic heterocycles. The summed E-state index contributed by atoms with van der Waals surface area (Å²) in [5.41, 5.74) is 3.93. The van der Waals surface area contributed by atoms with Crippen LogP contribution < -0.4 is 14.2 Å². The van der Waals surface area contributed by atoms with Crippen LogP contribution in [0, 0.1) is 4.77 Å². The Morgan fingerprint density at radius 2 is 1.65 bits per heavy atom. The number of H-pyrrole nitrogens is 1. The van der Waals surface area contributed by atoms with E-state index in [-0.39, 0.29) is 5.92 Å². The summed E-state index contributed by atoms with van der Waals surface area (Å²) in [6.45, 7) is 8.60. The maximum absolute atomic E-state index is 5.78. The predicted molar refractivity (Wildman–Crippen MR) is 134 cm³/mol. The molecule has 9 heteroatoms. The molecule has 1 aliphatic rings. The van der Waals surface area contributed by atoms with Crippen LogP contribution in [0.25, 0.3) is 17.1 Å². The van der Waals surface area contributed by atoms with Crippen molar-refractivity contribution in [2.75, 3.05) is 47.6 Å². The number of ether oxygens (including phenoxy) is 4. The van der Waals surface area contributed by atoms with Gasteiger partial charge >= 0.3 is 0 Å². The summed E-state index contributed by atoms with van der Waals surface area (Å²) in [5, 5.41) is 7.51. The van der Waals surface area contributed by atoms with Crippen LogP contribution in [0.1, 0.15) is 30.9 Å². The molecular weight excluding hydrogens is 452 g/mol. The molecule has 1 aromatic heterocycles. The molecule has 0 atom stereocenters. The standard InChI is InChI=1S/C25H32N4O4S/c1-16(2)19-14-20(22(31-4)23(32-5)21(19)30-3)24-26-27-25(34)29(24)18-8-6-17(7-9-18)15-28-10-12-33-13-11-28/h6-9,14,16H,10-13,15H2,1-5H3,(H,27,34). The Labute approximate surface area is 205 Å². The summed E-state index contributed by atoms with van der Waals surface area (Å²) in [6.07, 6.45) is 0. The molecule has 0 amide bonds. The molecule has 2 aromatic carbocycles. The van der Waals surface area contributed by atoms with E-state index in [1.165, 1.54) is 5.56 Å².